The topological polar surface area (TPSA) is 98.0 Å². The van der Waals surface area contributed by atoms with Gasteiger partial charge in [0.25, 0.3) is 0 Å². The highest BCUT2D eigenvalue weighted by Crippen LogP contribution is 2.65. The Morgan fingerprint density at radius 3 is 2.44 bits per heavy atom. The smallest absolute Gasteiger partial charge is 0.312 e. The van der Waals surface area contributed by atoms with Crippen molar-refractivity contribution in [2.24, 2.45) is 10.8 Å². The first-order chi connectivity index (χ1) is 11.5. The van der Waals surface area contributed by atoms with E-state index in [1.54, 1.807) is 13.0 Å². The number of allylic oxidation sites excluding steroid dienone is 1. The van der Waals surface area contributed by atoms with Gasteiger partial charge in [-0.1, -0.05) is 31.6 Å². The van der Waals surface area contributed by atoms with Crippen molar-refractivity contribution in [3.05, 3.63) is 23.8 Å². The molecule has 0 bridgehead atoms. The second kappa shape index (κ2) is 6.53. The molecule has 142 valence electrons. The Balaban J connectivity index is 2.48. The quantitative estimate of drug-likeness (QED) is 0.570. The molecule has 2 saturated carbocycles. The Hall–Kier alpha value is -1.17. The molecule has 0 heterocycles. The number of aliphatic hydroxyl groups excluding tert-OH is 1. The fraction of sp³-hybridized carbons (Fsp3) is 0.750. The second-order valence-electron chi connectivity index (χ2n) is 8.38. The maximum absolute atomic E-state index is 12.0. The highest BCUT2D eigenvalue weighted by atomic mass is 16.4. The van der Waals surface area contributed by atoms with Crippen molar-refractivity contribution in [1.82, 2.24) is 0 Å². The van der Waals surface area contributed by atoms with Crippen molar-refractivity contribution < 1.29 is 25.2 Å². The van der Waals surface area contributed by atoms with Crippen molar-refractivity contribution in [2.75, 3.05) is 6.61 Å². The average Bonchev–Trinajstić information content (AvgIpc) is 2.54. The minimum atomic E-state index is -1.49. The zero-order valence-corrected chi connectivity index (χ0v) is 15.6. The van der Waals surface area contributed by atoms with Crippen LogP contribution in [0.2, 0.25) is 0 Å². The lowest BCUT2D eigenvalue weighted by molar-refractivity contribution is -0.264. The van der Waals surface area contributed by atoms with Gasteiger partial charge in [0.2, 0.25) is 0 Å². The molecule has 0 aromatic carbocycles. The summed E-state index contributed by atoms with van der Waals surface area (Å²) in [6.07, 6.45) is 4.95. The highest BCUT2D eigenvalue weighted by molar-refractivity contribution is 5.76. The van der Waals surface area contributed by atoms with E-state index in [9.17, 15) is 20.1 Å². The molecule has 0 amide bonds. The number of aliphatic hydroxyl groups is 3. The molecule has 0 aromatic rings. The van der Waals surface area contributed by atoms with Gasteiger partial charge in [0.15, 0.2) is 0 Å². The van der Waals surface area contributed by atoms with Gasteiger partial charge in [-0.05, 0) is 57.9 Å². The molecule has 0 spiro atoms. The summed E-state index contributed by atoms with van der Waals surface area (Å²) in [6, 6.07) is 0. The Labute approximate surface area is 150 Å². The molecule has 0 aromatic heterocycles. The summed E-state index contributed by atoms with van der Waals surface area (Å²) >= 11 is 0. The van der Waals surface area contributed by atoms with Crippen LogP contribution in [0, 0.1) is 10.8 Å². The Morgan fingerprint density at radius 2 is 1.88 bits per heavy atom. The van der Waals surface area contributed by atoms with E-state index in [4.69, 9.17) is 5.11 Å². The number of aliphatic carboxylic acids is 1. The molecule has 4 atom stereocenters. The Kier molecular flexibility index (Phi) is 5.26. The summed E-state index contributed by atoms with van der Waals surface area (Å²) < 4.78 is 0. The van der Waals surface area contributed by atoms with Crippen LogP contribution in [-0.2, 0) is 4.79 Å². The number of carbonyl (C=O) groups is 1. The van der Waals surface area contributed by atoms with Crippen LogP contribution in [0.1, 0.15) is 65.7 Å². The Bertz CT molecular complexity index is 597. The van der Waals surface area contributed by atoms with Gasteiger partial charge in [0.05, 0.1) is 23.2 Å². The van der Waals surface area contributed by atoms with Crippen molar-refractivity contribution in [3.63, 3.8) is 0 Å². The molecular formula is C20H32O5. The van der Waals surface area contributed by atoms with Crippen LogP contribution in [0.25, 0.3) is 0 Å². The van der Waals surface area contributed by atoms with Gasteiger partial charge in [-0.3, -0.25) is 4.79 Å². The molecule has 2 rings (SSSR count). The number of rotatable bonds is 5. The first-order valence-electron chi connectivity index (χ1n) is 9.11. The maximum Gasteiger partial charge on any atom is 0.312 e. The SMILES string of the molecule is C=C1CC[C@]2(O)[C@](C)(CCC[C@]2(C)C(=O)O)[C@]1(O)CC/C(C)=C/CO. The van der Waals surface area contributed by atoms with Gasteiger partial charge in [-0.15, -0.1) is 0 Å². The molecule has 2 aliphatic rings. The van der Waals surface area contributed by atoms with Gasteiger partial charge in [0, 0.05) is 5.41 Å². The van der Waals surface area contributed by atoms with Crippen molar-refractivity contribution in [1.29, 1.82) is 0 Å². The average molecular weight is 352 g/mol. The minimum Gasteiger partial charge on any atom is -0.481 e. The molecule has 2 fully saturated rings. The van der Waals surface area contributed by atoms with Gasteiger partial charge < -0.3 is 20.4 Å². The molecule has 0 unspecified atom stereocenters. The van der Waals surface area contributed by atoms with Crippen LogP contribution in [0.5, 0.6) is 0 Å². The van der Waals surface area contributed by atoms with Gasteiger partial charge in [0.1, 0.15) is 0 Å². The number of fused-ring (bicyclic) bond motifs is 1. The predicted octanol–water partition coefficient (Wildman–Crippen LogP) is 2.80. The summed E-state index contributed by atoms with van der Waals surface area (Å²) in [5.41, 5.74) is -3.45. The summed E-state index contributed by atoms with van der Waals surface area (Å²) in [7, 11) is 0. The first-order valence-corrected chi connectivity index (χ1v) is 9.11. The summed E-state index contributed by atoms with van der Waals surface area (Å²) in [6.45, 7) is 9.34. The zero-order chi connectivity index (χ0) is 19.1. The highest BCUT2D eigenvalue weighted by Gasteiger charge is 2.71. The molecule has 25 heavy (non-hydrogen) atoms. The minimum absolute atomic E-state index is 0.0521. The van der Waals surface area contributed by atoms with Crippen molar-refractivity contribution in [3.8, 4) is 0 Å². The zero-order valence-electron chi connectivity index (χ0n) is 15.6. The third-order valence-electron chi connectivity index (χ3n) is 7.26. The fourth-order valence-electron chi connectivity index (χ4n) is 5.22. The lowest BCUT2D eigenvalue weighted by Crippen LogP contribution is -2.72. The van der Waals surface area contributed by atoms with Gasteiger partial charge in [-0.2, -0.15) is 0 Å². The van der Waals surface area contributed by atoms with E-state index in [-0.39, 0.29) is 6.61 Å². The summed E-state index contributed by atoms with van der Waals surface area (Å²) in [4.78, 5) is 12.0. The molecular weight excluding hydrogens is 320 g/mol. The van der Waals surface area contributed by atoms with Crippen LogP contribution in [-0.4, -0.2) is 44.2 Å². The standard InChI is InChI=1S/C20H32O5/c1-14(8-13-21)6-11-19(24)15(2)7-12-20(25)17(3,16(22)23)9-5-10-18(19,20)4/h8,21,24-25H,2,5-7,9-13H2,1,3-4H3,(H,22,23)/b14-8+/t17-,18-,19+,20-/m1/s1. The number of carboxylic acids is 1. The lowest BCUT2D eigenvalue weighted by atomic mass is 9.42. The molecule has 0 radical (unpaired) electrons. The van der Waals surface area contributed by atoms with Crippen LogP contribution in [0.4, 0.5) is 0 Å². The van der Waals surface area contributed by atoms with E-state index in [2.05, 4.69) is 6.58 Å². The summed E-state index contributed by atoms with van der Waals surface area (Å²) in [5.74, 6) is -1.01. The van der Waals surface area contributed by atoms with E-state index >= 15 is 0 Å². The van der Waals surface area contributed by atoms with E-state index in [1.807, 2.05) is 13.8 Å². The predicted molar refractivity (Wildman–Crippen MR) is 96.1 cm³/mol. The third kappa shape index (κ3) is 2.68. The number of hydrogen-bond donors (Lipinski definition) is 4. The third-order valence-corrected chi connectivity index (χ3v) is 7.26. The first kappa shape index (κ1) is 20.1. The van der Waals surface area contributed by atoms with E-state index in [1.165, 1.54) is 0 Å². The molecule has 5 heteroatoms. The van der Waals surface area contributed by atoms with Gasteiger partial charge in [-0.25, -0.2) is 0 Å². The second-order valence-corrected chi connectivity index (χ2v) is 8.38. The van der Waals surface area contributed by atoms with Crippen LogP contribution >= 0.6 is 0 Å². The van der Waals surface area contributed by atoms with E-state index in [0.29, 0.717) is 50.5 Å². The molecule has 5 nitrogen and oxygen atoms in total. The largest absolute Gasteiger partial charge is 0.481 e. The monoisotopic (exact) mass is 352 g/mol. The van der Waals surface area contributed by atoms with Crippen LogP contribution < -0.4 is 0 Å². The van der Waals surface area contributed by atoms with Crippen LogP contribution in [0.3, 0.4) is 0 Å². The van der Waals surface area contributed by atoms with E-state index < -0.39 is 28.0 Å². The van der Waals surface area contributed by atoms with Crippen molar-refractivity contribution >= 4 is 5.97 Å². The molecule has 4 N–H and O–H groups in total. The lowest BCUT2D eigenvalue weighted by Gasteiger charge is -2.65. The summed E-state index contributed by atoms with van der Waals surface area (Å²) in [5, 5.41) is 42.1. The van der Waals surface area contributed by atoms with Gasteiger partial charge >= 0.3 is 5.97 Å². The fourth-order valence-corrected chi connectivity index (χ4v) is 5.22. The normalized spacial score (nSPS) is 42.2. The number of carboxylic acid groups (broad SMARTS) is 1. The number of hydrogen-bond acceptors (Lipinski definition) is 4. The Morgan fingerprint density at radius 1 is 1.24 bits per heavy atom. The molecule has 0 aliphatic heterocycles. The maximum atomic E-state index is 12.0. The van der Waals surface area contributed by atoms with E-state index in [0.717, 1.165) is 5.57 Å². The van der Waals surface area contributed by atoms with Crippen molar-refractivity contribution in [2.45, 2.75) is 76.9 Å². The molecule has 0 saturated heterocycles. The molecule has 2 aliphatic carbocycles. The van der Waals surface area contributed by atoms with Crippen LogP contribution in [0.15, 0.2) is 23.8 Å².